The Hall–Kier alpha value is -3.60. The van der Waals surface area contributed by atoms with Gasteiger partial charge in [-0.3, -0.25) is 14.2 Å². The van der Waals surface area contributed by atoms with E-state index in [9.17, 15) is 17.6 Å². The molecule has 0 bridgehead atoms. The molecule has 0 aliphatic heterocycles. The average Bonchev–Trinajstić information content (AvgIpc) is 3.42. The van der Waals surface area contributed by atoms with Gasteiger partial charge in [0.05, 0.1) is 22.7 Å². The predicted molar refractivity (Wildman–Crippen MR) is 125 cm³/mol. The van der Waals surface area contributed by atoms with Crippen LogP contribution in [0.1, 0.15) is 42.6 Å². The number of aryl methyl sites for hydroxylation is 1. The largest absolute Gasteiger partial charge is 0.345 e. The topological polar surface area (TPSA) is 110 Å². The number of carbonyl (C=O) groups excluding carboxylic acids is 1. The molecule has 4 rings (SSSR count). The lowest BCUT2D eigenvalue weighted by molar-refractivity contribution is 0.103. The van der Waals surface area contributed by atoms with Gasteiger partial charge in [0.2, 0.25) is 15.8 Å². The van der Waals surface area contributed by atoms with Gasteiger partial charge in [0, 0.05) is 47.7 Å². The minimum absolute atomic E-state index is 0.00559. The number of ketones is 1. The standard InChI is InChI=1S/C23H23F2N5O3S/c1-4-15(5-2)34(32,33)29-19-7-6-18(24)20(21(19)25)22(31)17-11-27-23-16(17)8-13(9-26-23)14-10-28-30(3)12-14/h6-12,15,29H,4-5H2,1-3H3,(H,26,27). The molecule has 0 radical (unpaired) electrons. The third-order valence-electron chi connectivity index (χ3n) is 5.73. The van der Waals surface area contributed by atoms with Crippen LogP contribution in [0.4, 0.5) is 14.5 Å². The lowest BCUT2D eigenvalue weighted by Crippen LogP contribution is -2.27. The van der Waals surface area contributed by atoms with Crippen LogP contribution in [0.25, 0.3) is 22.2 Å². The van der Waals surface area contributed by atoms with Gasteiger partial charge in [-0.1, -0.05) is 13.8 Å². The summed E-state index contributed by atoms with van der Waals surface area (Å²) in [6.07, 6.45) is 6.97. The molecule has 4 aromatic rings. The van der Waals surface area contributed by atoms with Gasteiger partial charge >= 0.3 is 0 Å². The first-order chi connectivity index (χ1) is 16.2. The molecule has 0 unspecified atom stereocenters. The molecule has 0 saturated carbocycles. The van der Waals surface area contributed by atoms with Crippen LogP contribution in [0.15, 0.2) is 43.0 Å². The molecule has 0 amide bonds. The number of carbonyl (C=O) groups is 1. The Morgan fingerprint density at radius 3 is 2.56 bits per heavy atom. The number of aromatic nitrogens is 4. The van der Waals surface area contributed by atoms with Crippen molar-refractivity contribution < 1.29 is 22.0 Å². The number of fused-ring (bicyclic) bond motifs is 1. The Morgan fingerprint density at radius 1 is 1.18 bits per heavy atom. The van der Waals surface area contributed by atoms with E-state index in [1.807, 2.05) is 0 Å². The van der Waals surface area contributed by atoms with Gasteiger partial charge < -0.3 is 4.98 Å². The zero-order chi connectivity index (χ0) is 24.6. The maximum Gasteiger partial charge on any atom is 0.235 e. The summed E-state index contributed by atoms with van der Waals surface area (Å²) in [4.78, 5) is 20.4. The Kier molecular flexibility index (Phi) is 6.22. The number of benzene rings is 1. The first-order valence-electron chi connectivity index (χ1n) is 10.7. The van der Waals surface area contributed by atoms with Gasteiger partial charge in [0.25, 0.3) is 0 Å². The fourth-order valence-electron chi connectivity index (χ4n) is 3.86. The number of hydrogen-bond donors (Lipinski definition) is 2. The number of rotatable bonds is 8. The number of aromatic amines is 1. The monoisotopic (exact) mass is 487 g/mol. The molecule has 8 nitrogen and oxygen atoms in total. The Morgan fingerprint density at radius 2 is 1.91 bits per heavy atom. The molecule has 0 aliphatic carbocycles. The van der Waals surface area contributed by atoms with Crippen LogP contribution in [0.3, 0.4) is 0 Å². The predicted octanol–water partition coefficient (Wildman–Crippen LogP) is 4.40. The quantitative estimate of drug-likeness (QED) is 0.358. The van der Waals surface area contributed by atoms with Crippen LogP contribution in [0, 0.1) is 11.6 Å². The van der Waals surface area contributed by atoms with Crippen molar-refractivity contribution in [2.24, 2.45) is 7.05 Å². The highest BCUT2D eigenvalue weighted by Gasteiger charge is 2.28. The van der Waals surface area contributed by atoms with Crippen molar-refractivity contribution in [1.82, 2.24) is 19.7 Å². The average molecular weight is 488 g/mol. The van der Waals surface area contributed by atoms with Crippen LogP contribution in [-0.2, 0) is 17.1 Å². The lowest BCUT2D eigenvalue weighted by Gasteiger charge is -2.17. The normalized spacial score (nSPS) is 11.9. The third kappa shape index (κ3) is 4.18. The Bertz CT molecular complexity index is 1490. The Balaban J connectivity index is 1.77. The van der Waals surface area contributed by atoms with Crippen LogP contribution in [0.5, 0.6) is 0 Å². The molecular formula is C23H23F2N5O3S. The van der Waals surface area contributed by atoms with E-state index < -0.39 is 43.9 Å². The van der Waals surface area contributed by atoms with Gasteiger partial charge in [0.1, 0.15) is 11.5 Å². The van der Waals surface area contributed by atoms with Crippen LogP contribution in [-0.4, -0.2) is 39.2 Å². The van der Waals surface area contributed by atoms with Crippen LogP contribution >= 0.6 is 0 Å². The molecule has 11 heteroatoms. The molecule has 2 N–H and O–H groups in total. The van der Waals surface area contributed by atoms with Gasteiger partial charge in [-0.05, 0) is 31.0 Å². The summed E-state index contributed by atoms with van der Waals surface area (Å²) in [6.45, 7) is 3.41. The SMILES string of the molecule is CCC(CC)S(=O)(=O)Nc1ccc(F)c(C(=O)c2c[nH]c3ncc(-c4cnn(C)c4)cc23)c1F. The van der Waals surface area contributed by atoms with Gasteiger partial charge in [-0.25, -0.2) is 22.2 Å². The second-order valence-electron chi connectivity index (χ2n) is 7.92. The smallest absolute Gasteiger partial charge is 0.235 e. The number of nitrogens with zero attached hydrogens (tertiary/aromatic N) is 3. The minimum Gasteiger partial charge on any atom is -0.345 e. The fraction of sp³-hybridized carbons (Fsp3) is 0.261. The second kappa shape index (κ2) is 8.98. The molecule has 0 atom stereocenters. The molecule has 1 aromatic carbocycles. The summed E-state index contributed by atoms with van der Waals surface area (Å²) in [5.74, 6) is -3.31. The van der Waals surface area contributed by atoms with E-state index in [1.165, 1.54) is 6.20 Å². The number of pyridine rings is 1. The number of hydrogen-bond acceptors (Lipinski definition) is 5. The lowest BCUT2D eigenvalue weighted by atomic mass is 10.0. The van der Waals surface area contributed by atoms with Crippen molar-refractivity contribution in [3.05, 3.63) is 65.7 Å². The maximum absolute atomic E-state index is 15.3. The number of H-pyrrole nitrogens is 1. The van der Waals surface area contributed by atoms with E-state index in [1.54, 1.807) is 50.2 Å². The molecule has 0 fully saturated rings. The molecule has 0 saturated heterocycles. The van der Waals surface area contributed by atoms with Crippen LogP contribution in [0.2, 0.25) is 0 Å². The van der Waals surface area contributed by atoms with E-state index >= 15 is 4.39 Å². The van der Waals surface area contributed by atoms with E-state index in [0.29, 0.717) is 29.4 Å². The number of anilines is 1. The molecule has 3 aromatic heterocycles. The minimum atomic E-state index is -3.92. The summed E-state index contributed by atoms with van der Waals surface area (Å²) in [7, 11) is -2.16. The van der Waals surface area contributed by atoms with Gasteiger partial charge in [-0.2, -0.15) is 5.10 Å². The van der Waals surface area contributed by atoms with Gasteiger partial charge in [-0.15, -0.1) is 0 Å². The van der Waals surface area contributed by atoms with Crippen molar-refractivity contribution in [3.8, 4) is 11.1 Å². The van der Waals surface area contributed by atoms with E-state index in [-0.39, 0.29) is 5.56 Å². The highest BCUT2D eigenvalue weighted by Crippen LogP contribution is 2.30. The van der Waals surface area contributed by atoms with Crippen molar-refractivity contribution >= 4 is 32.5 Å². The first kappa shape index (κ1) is 23.6. The number of nitrogens with one attached hydrogen (secondary N) is 2. The molecular weight excluding hydrogens is 464 g/mol. The van der Waals surface area contributed by atoms with Crippen LogP contribution < -0.4 is 4.72 Å². The van der Waals surface area contributed by atoms with E-state index in [2.05, 4.69) is 19.8 Å². The second-order valence-corrected chi connectivity index (χ2v) is 9.88. The molecule has 0 aliphatic rings. The summed E-state index contributed by atoms with van der Waals surface area (Å²) in [6, 6.07) is 3.52. The molecule has 0 spiro atoms. The summed E-state index contributed by atoms with van der Waals surface area (Å²) >= 11 is 0. The van der Waals surface area contributed by atoms with Crippen molar-refractivity contribution in [1.29, 1.82) is 0 Å². The third-order valence-corrected chi connectivity index (χ3v) is 7.78. The number of halogens is 2. The molecule has 178 valence electrons. The van der Waals surface area contributed by atoms with E-state index in [0.717, 1.165) is 17.7 Å². The highest BCUT2D eigenvalue weighted by molar-refractivity contribution is 7.93. The van der Waals surface area contributed by atoms with Crippen molar-refractivity contribution in [2.45, 2.75) is 31.9 Å². The number of sulfonamides is 1. The highest BCUT2D eigenvalue weighted by atomic mass is 32.2. The molecule has 3 heterocycles. The summed E-state index contributed by atoms with van der Waals surface area (Å²) < 4.78 is 58.9. The van der Waals surface area contributed by atoms with E-state index in [4.69, 9.17) is 0 Å². The van der Waals surface area contributed by atoms with Gasteiger partial charge in [0.15, 0.2) is 5.82 Å². The Labute approximate surface area is 195 Å². The summed E-state index contributed by atoms with van der Waals surface area (Å²) in [5.41, 5.74) is 0.463. The zero-order valence-electron chi connectivity index (χ0n) is 18.8. The van der Waals surface area contributed by atoms with Crippen molar-refractivity contribution in [2.75, 3.05) is 4.72 Å². The zero-order valence-corrected chi connectivity index (χ0v) is 19.6. The van der Waals surface area contributed by atoms with Crippen molar-refractivity contribution in [3.63, 3.8) is 0 Å². The fourth-order valence-corrected chi connectivity index (χ4v) is 5.37. The maximum atomic E-state index is 15.3. The molecule has 34 heavy (non-hydrogen) atoms. The first-order valence-corrected chi connectivity index (χ1v) is 12.2. The summed E-state index contributed by atoms with van der Waals surface area (Å²) in [5, 5.41) is 3.73.